The Balaban J connectivity index is 1.88. The maximum atomic E-state index is 13.9. The van der Waals surface area contributed by atoms with E-state index in [0.717, 1.165) is 33.4 Å². The Morgan fingerprint density at radius 1 is 0.433 bits per heavy atom. The number of carbonyl (C=O) groups excluding carboxylic acids is 1. The molecule has 0 saturated carbocycles. The van der Waals surface area contributed by atoms with Crippen LogP contribution in [0.2, 0.25) is 0 Å². The molecule has 0 saturated heterocycles. The molecule has 0 radical (unpaired) electrons. The molecule has 5 rings (SSSR count). The standard InChI is InChI=1S/C27H18N2O/c30-27-25(19-9-3-1-4-10-19)23(21-13-7-15-28-17-21)24(22-14-8-16-29-18-22)26(27)20-11-5-2-6-12-20/h1-18H. The van der Waals surface area contributed by atoms with Gasteiger partial charge in [0.1, 0.15) is 0 Å². The zero-order valence-corrected chi connectivity index (χ0v) is 16.2. The molecule has 2 aromatic heterocycles. The largest absolute Gasteiger partial charge is 0.289 e. The summed E-state index contributed by atoms with van der Waals surface area (Å²) in [6.45, 7) is 0. The van der Waals surface area contributed by atoms with Crippen molar-refractivity contribution in [1.82, 2.24) is 9.97 Å². The topological polar surface area (TPSA) is 42.9 Å². The molecule has 1 aliphatic rings. The van der Waals surface area contributed by atoms with Crippen LogP contribution in [-0.4, -0.2) is 15.8 Å². The van der Waals surface area contributed by atoms with E-state index in [9.17, 15) is 4.79 Å². The van der Waals surface area contributed by atoms with Crippen molar-refractivity contribution in [2.24, 2.45) is 0 Å². The van der Waals surface area contributed by atoms with Gasteiger partial charge in [0, 0.05) is 58.2 Å². The van der Waals surface area contributed by atoms with E-state index in [1.807, 2.05) is 97.3 Å². The first kappa shape index (κ1) is 18.0. The molecule has 0 atom stereocenters. The molecule has 0 spiro atoms. The average molecular weight is 386 g/mol. The van der Waals surface area contributed by atoms with Gasteiger partial charge in [-0.2, -0.15) is 0 Å². The van der Waals surface area contributed by atoms with Crippen LogP contribution in [-0.2, 0) is 4.79 Å². The predicted octanol–water partition coefficient (Wildman–Crippen LogP) is 5.58. The van der Waals surface area contributed by atoms with Crippen LogP contribution in [0.1, 0.15) is 22.3 Å². The second kappa shape index (κ2) is 7.72. The van der Waals surface area contributed by atoms with Crippen molar-refractivity contribution in [3.63, 3.8) is 0 Å². The fourth-order valence-electron chi connectivity index (χ4n) is 3.96. The second-order valence-corrected chi connectivity index (χ2v) is 7.04. The molecule has 2 aromatic carbocycles. The molecule has 0 aliphatic heterocycles. The van der Waals surface area contributed by atoms with Gasteiger partial charge >= 0.3 is 0 Å². The Labute approximate surface area is 175 Å². The number of Topliss-reactive ketones (excluding diaryl/α,β-unsaturated/α-hetero) is 1. The number of allylic oxidation sites excluding steroid dienone is 4. The third-order valence-electron chi connectivity index (χ3n) is 5.23. The molecule has 0 unspecified atom stereocenters. The van der Waals surface area contributed by atoms with E-state index < -0.39 is 0 Å². The summed E-state index contributed by atoms with van der Waals surface area (Å²) in [5.74, 6) is 0.0186. The fraction of sp³-hybridized carbons (Fsp3) is 0. The van der Waals surface area contributed by atoms with Crippen molar-refractivity contribution < 1.29 is 4.79 Å². The number of hydrogen-bond donors (Lipinski definition) is 0. The molecule has 30 heavy (non-hydrogen) atoms. The predicted molar refractivity (Wildman–Crippen MR) is 120 cm³/mol. The van der Waals surface area contributed by atoms with Gasteiger partial charge in [0.2, 0.25) is 0 Å². The van der Waals surface area contributed by atoms with Crippen molar-refractivity contribution in [3.8, 4) is 0 Å². The minimum absolute atomic E-state index is 0.0186. The summed E-state index contributed by atoms with van der Waals surface area (Å²) in [6, 6.07) is 27.5. The maximum Gasteiger partial charge on any atom is 0.195 e. The third-order valence-corrected chi connectivity index (χ3v) is 5.23. The van der Waals surface area contributed by atoms with Crippen molar-refractivity contribution in [3.05, 3.63) is 132 Å². The van der Waals surface area contributed by atoms with Crippen molar-refractivity contribution in [1.29, 1.82) is 0 Å². The van der Waals surface area contributed by atoms with Crippen LogP contribution in [0.3, 0.4) is 0 Å². The molecule has 3 heteroatoms. The summed E-state index contributed by atoms with van der Waals surface area (Å²) >= 11 is 0. The van der Waals surface area contributed by atoms with Gasteiger partial charge < -0.3 is 0 Å². The van der Waals surface area contributed by atoms with Crippen LogP contribution < -0.4 is 0 Å². The summed E-state index contributed by atoms with van der Waals surface area (Å²) in [5.41, 5.74) is 6.80. The Morgan fingerprint density at radius 3 is 1.20 bits per heavy atom. The first-order chi connectivity index (χ1) is 14.8. The van der Waals surface area contributed by atoms with E-state index in [-0.39, 0.29) is 5.78 Å². The zero-order chi connectivity index (χ0) is 20.3. The van der Waals surface area contributed by atoms with Gasteiger partial charge in [-0.15, -0.1) is 0 Å². The van der Waals surface area contributed by atoms with Crippen molar-refractivity contribution in [2.75, 3.05) is 0 Å². The lowest BCUT2D eigenvalue weighted by atomic mass is 9.91. The minimum atomic E-state index is 0.0186. The van der Waals surface area contributed by atoms with Gasteiger partial charge in [-0.1, -0.05) is 72.8 Å². The van der Waals surface area contributed by atoms with E-state index >= 15 is 0 Å². The maximum absolute atomic E-state index is 13.9. The first-order valence-electron chi connectivity index (χ1n) is 9.80. The van der Waals surface area contributed by atoms with E-state index in [2.05, 4.69) is 9.97 Å². The zero-order valence-electron chi connectivity index (χ0n) is 16.2. The molecule has 142 valence electrons. The van der Waals surface area contributed by atoms with E-state index in [1.54, 1.807) is 12.4 Å². The Hall–Kier alpha value is -4.11. The van der Waals surface area contributed by atoms with E-state index in [0.29, 0.717) is 11.1 Å². The van der Waals surface area contributed by atoms with Crippen LogP contribution >= 0.6 is 0 Å². The number of carbonyl (C=O) groups is 1. The Morgan fingerprint density at radius 2 is 0.833 bits per heavy atom. The van der Waals surface area contributed by atoms with Crippen molar-refractivity contribution >= 4 is 28.1 Å². The SMILES string of the molecule is O=C1C(c2ccccc2)=C(c2cccnc2)C(c2cccnc2)=C1c1ccccc1. The summed E-state index contributed by atoms with van der Waals surface area (Å²) in [6.07, 6.45) is 7.12. The van der Waals surface area contributed by atoms with Crippen LogP contribution in [0.15, 0.2) is 110 Å². The number of benzene rings is 2. The normalized spacial score (nSPS) is 13.8. The van der Waals surface area contributed by atoms with Crippen LogP contribution in [0.4, 0.5) is 0 Å². The van der Waals surface area contributed by atoms with Crippen LogP contribution in [0, 0.1) is 0 Å². The first-order valence-corrected chi connectivity index (χ1v) is 9.80. The van der Waals surface area contributed by atoms with Crippen LogP contribution in [0.5, 0.6) is 0 Å². The molecule has 2 heterocycles. The highest BCUT2D eigenvalue weighted by molar-refractivity contribution is 6.59. The fourth-order valence-corrected chi connectivity index (χ4v) is 3.96. The number of pyridine rings is 2. The quantitative estimate of drug-likeness (QED) is 0.460. The second-order valence-electron chi connectivity index (χ2n) is 7.04. The summed E-state index contributed by atoms with van der Waals surface area (Å²) in [5, 5.41) is 0. The van der Waals surface area contributed by atoms with Gasteiger partial charge in [0.25, 0.3) is 0 Å². The molecule has 0 N–H and O–H groups in total. The summed E-state index contributed by atoms with van der Waals surface area (Å²) < 4.78 is 0. The van der Waals surface area contributed by atoms with Gasteiger partial charge in [0.05, 0.1) is 0 Å². The van der Waals surface area contributed by atoms with Crippen LogP contribution in [0.25, 0.3) is 22.3 Å². The lowest BCUT2D eigenvalue weighted by Crippen LogP contribution is -2.01. The highest BCUT2D eigenvalue weighted by Gasteiger charge is 2.35. The molecular weight excluding hydrogens is 368 g/mol. The lowest BCUT2D eigenvalue weighted by Gasteiger charge is -2.12. The third kappa shape index (κ3) is 3.07. The molecular formula is C27H18N2O. The molecule has 0 fully saturated rings. The molecule has 0 amide bonds. The van der Waals surface area contributed by atoms with Gasteiger partial charge in [-0.25, -0.2) is 0 Å². The lowest BCUT2D eigenvalue weighted by molar-refractivity contribution is -0.108. The highest BCUT2D eigenvalue weighted by atomic mass is 16.1. The number of rotatable bonds is 4. The van der Waals surface area contributed by atoms with Gasteiger partial charge in [-0.05, 0) is 23.3 Å². The molecule has 0 bridgehead atoms. The molecule has 3 nitrogen and oxygen atoms in total. The summed E-state index contributed by atoms with van der Waals surface area (Å²) in [7, 11) is 0. The number of ketones is 1. The van der Waals surface area contributed by atoms with E-state index in [4.69, 9.17) is 0 Å². The minimum Gasteiger partial charge on any atom is -0.289 e. The Kier molecular flexibility index (Phi) is 4.62. The van der Waals surface area contributed by atoms with Crippen molar-refractivity contribution in [2.45, 2.75) is 0 Å². The average Bonchev–Trinajstić information content (AvgIpc) is 3.14. The van der Waals surface area contributed by atoms with E-state index in [1.165, 1.54) is 0 Å². The highest BCUT2D eigenvalue weighted by Crippen LogP contribution is 2.49. The van der Waals surface area contributed by atoms with Gasteiger partial charge in [0.15, 0.2) is 5.78 Å². The smallest absolute Gasteiger partial charge is 0.195 e. The van der Waals surface area contributed by atoms with Gasteiger partial charge in [-0.3, -0.25) is 14.8 Å². The number of nitrogens with zero attached hydrogens (tertiary/aromatic N) is 2. The Bertz CT molecular complexity index is 1160. The number of aromatic nitrogens is 2. The monoisotopic (exact) mass is 386 g/mol. The summed E-state index contributed by atoms with van der Waals surface area (Å²) in [4.78, 5) is 22.6. The number of hydrogen-bond acceptors (Lipinski definition) is 3. The molecule has 1 aliphatic carbocycles. The molecule has 4 aromatic rings.